The first kappa shape index (κ1) is 13.3. The molecule has 2 saturated heterocycles. The van der Waals surface area contributed by atoms with Gasteiger partial charge in [0.15, 0.2) is 0 Å². The molecular formula is C19H24N2. The first-order chi connectivity index (χ1) is 10.4. The van der Waals surface area contributed by atoms with Crippen molar-refractivity contribution in [3.8, 4) is 0 Å². The summed E-state index contributed by atoms with van der Waals surface area (Å²) < 4.78 is 0. The van der Waals surface area contributed by atoms with E-state index in [-0.39, 0.29) is 0 Å². The number of likely N-dealkylation sites (tertiary alicyclic amines) is 1. The molecule has 2 fully saturated rings. The minimum absolute atomic E-state index is 0.754. The zero-order valence-corrected chi connectivity index (χ0v) is 12.8. The zero-order valence-electron chi connectivity index (χ0n) is 12.8. The first-order valence-corrected chi connectivity index (χ1v) is 8.28. The fourth-order valence-corrected chi connectivity index (χ4v) is 4.50. The molecule has 2 aromatic rings. The molecule has 0 aromatic heterocycles. The fourth-order valence-electron chi connectivity index (χ4n) is 4.50. The van der Waals surface area contributed by atoms with E-state index in [1.165, 1.54) is 42.4 Å². The van der Waals surface area contributed by atoms with Crippen LogP contribution in [0, 0.1) is 11.8 Å². The Morgan fingerprint density at radius 1 is 1.10 bits per heavy atom. The van der Waals surface area contributed by atoms with Crippen LogP contribution in [-0.2, 0) is 6.54 Å². The van der Waals surface area contributed by atoms with Gasteiger partial charge in [-0.05, 0) is 47.7 Å². The summed E-state index contributed by atoms with van der Waals surface area (Å²) in [5, 5.41) is 6.36. The minimum Gasteiger partial charge on any atom is -0.316 e. The molecule has 2 aliphatic rings. The number of fused-ring (bicyclic) bond motifs is 2. The zero-order chi connectivity index (χ0) is 14.2. The summed E-state index contributed by atoms with van der Waals surface area (Å²) in [6.45, 7) is 7.15. The standard InChI is InChI=1S/C19H24N2/c1-2-19-18-11-20-10-16(18)13-21(19)12-15-8-5-7-14-6-3-4-9-17(14)15/h3-9,16,18-20H,2,10-13H2,1H3. The van der Waals surface area contributed by atoms with Gasteiger partial charge in [-0.2, -0.15) is 0 Å². The molecule has 21 heavy (non-hydrogen) atoms. The van der Waals surface area contributed by atoms with Crippen molar-refractivity contribution in [2.75, 3.05) is 19.6 Å². The van der Waals surface area contributed by atoms with Gasteiger partial charge in [-0.3, -0.25) is 4.90 Å². The second kappa shape index (κ2) is 5.43. The topological polar surface area (TPSA) is 15.3 Å². The Hall–Kier alpha value is -1.38. The molecule has 4 rings (SSSR count). The lowest BCUT2D eigenvalue weighted by Crippen LogP contribution is -2.34. The predicted octanol–water partition coefficient (Wildman–Crippen LogP) is 3.27. The van der Waals surface area contributed by atoms with Crippen LogP contribution in [0.2, 0.25) is 0 Å². The van der Waals surface area contributed by atoms with Crippen molar-refractivity contribution in [3.05, 3.63) is 48.0 Å². The highest BCUT2D eigenvalue weighted by Crippen LogP contribution is 2.35. The Morgan fingerprint density at radius 3 is 2.86 bits per heavy atom. The summed E-state index contributed by atoms with van der Waals surface area (Å²) in [7, 11) is 0. The van der Waals surface area contributed by atoms with E-state index in [1.807, 2.05) is 0 Å². The first-order valence-electron chi connectivity index (χ1n) is 8.28. The van der Waals surface area contributed by atoms with Gasteiger partial charge in [0.25, 0.3) is 0 Å². The van der Waals surface area contributed by atoms with Crippen molar-refractivity contribution in [3.63, 3.8) is 0 Å². The van der Waals surface area contributed by atoms with E-state index in [2.05, 4.69) is 59.6 Å². The summed E-state index contributed by atoms with van der Waals surface area (Å²) in [5.74, 6) is 1.73. The Morgan fingerprint density at radius 2 is 1.95 bits per heavy atom. The van der Waals surface area contributed by atoms with Crippen molar-refractivity contribution in [1.82, 2.24) is 10.2 Å². The lowest BCUT2D eigenvalue weighted by atomic mass is 9.93. The van der Waals surface area contributed by atoms with Crippen LogP contribution in [0.4, 0.5) is 0 Å². The molecule has 2 aliphatic heterocycles. The molecule has 2 heterocycles. The maximum absolute atomic E-state index is 3.58. The van der Waals surface area contributed by atoms with Crippen molar-refractivity contribution in [1.29, 1.82) is 0 Å². The fraction of sp³-hybridized carbons (Fsp3) is 0.474. The van der Waals surface area contributed by atoms with Crippen LogP contribution in [0.1, 0.15) is 18.9 Å². The van der Waals surface area contributed by atoms with Crippen LogP contribution in [0.15, 0.2) is 42.5 Å². The van der Waals surface area contributed by atoms with E-state index in [1.54, 1.807) is 0 Å². The largest absolute Gasteiger partial charge is 0.316 e. The highest BCUT2D eigenvalue weighted by atomic mass is 15.2. The Bertz CT molecular complexity index is 631. The number of nitrogens with zero attached hydrogens (tertiary/aromatic N) is 1. The van der Waals surface area contributed by atoms with Gasteiger partial charge in [-0.15, -0.1) is 0 Å². The molecule has 1 N–H and O–H groups in total. The number of hydrogen-bond acceptors (Lipinski definition) is 2. The SMILES string of the molecule is CCC1C2CNCC2CN1Cc1cccc2ccccc12. The van der Waals surface area contributed by atoms with Gasteiger partial charge in [0, 0.05) is 19.1 Å². The van der Waals surface area contributed by atoms with Crippen molar-refractivity contribution >= 4 is 10.8 Å². The van der Waals surface area contributed by atoms with Crippen molar-refractivity contribution in [2.45, 2.75) is 25.9 Å². The summed E-state index contributed by atoms with van der Waals surface area (Å²) in [6.07, 6.45) is 1.27. The van der Waals surface area contributed by atoms with Gasteiger partial charge in [-0.1, -0.05) is 49.4 Å². The van der Waals surface area contributed by atoms with E-state index >= 15 is 0 Å². The molecule has 0 amide bonds. The van der Waals surface area contributed by atoms with Gasteiger partial charge in [0.1, 0.15) is 0 Å². The van der Waals surface area contributed by atoms with Crippen LogP contribution in [0.3, 0.4) is 0 Å². The number of hydrogen-bond donors (Lipinski definition) is 1. The molecule has 2 nitrogen and oxygen atoms in total. The quantitative estimate of drug-likeness (QED) is 0.928. The van der Waals surface area contributed by atoms with Gasteiger partial charge in [0.05, 0.1) is 0 Å². The molecule has 2 heteroatoms. The van der Waals surface area contributed by atoms with Crippen LogP contribution in [0.5, 0.6) is 0 Å². The maximum Gasteiger partial charge on any atom is 0.0243 e. The average Bonchev–Trinajstić information content (AvgIpc) is 3.08. The van der Waals surface area contributed by atoms with Gasteiger partial charge >= 0.3 is 0 Å². The Labute approximate surface area is 127 Å². The van der Waals surface area contributed by atoms with Crippen molar-refractivity contribution < 1.29 is 0 Å². The van der Waals surface area contributed by atoms with E-state index in [0.29, 0.717) is 0 Å². The summed E-state index contributed by atoms with van der Waals surface area (Å²) in [6, 6.07) is 16.3. The molecule has 3 atom stereocenters. The van der Waals surface area contributed by atoms with E-state index < -0.39 is 0 Å². The molecule has 0 bridgehead atoms. The van der Waals surface area contributed by atoms with Gasteiger partial charge in [0.2, 0.25) is 0 Å². The lowest BCUT2D eigenvalue weighted by Gasteiger charge is -2.27. The van der Waals surface area contributed by atoms with Crippen molar-refractivity contribution in [2.24, 2.45) is 11.8 Å². The Kier molecular flexibility index (Phi) is 3.44. The van der Waals surface area contributed by atoms with E-state index in [9.17, 15) is 0 Å². The number of rotatable bonds is 3. The highest BCUT2D eigenvalue weighted by molar-refractivity contribution is 5.85. The molecular weight excluding hydrogens is 256 g/mol. The third-order valence-electron chi connectivity index (χ3n) is 5.50. The minimum atomic E-state index is 0.754. The molecule has 3 unspecified atom stereocenters. The third-order valence-corrected chi connectivity index (χ3v) is 5.50. The normalized spacial score (nSPS) is 29.1. The smallest absolute Gasteiger partial charge is 0.0243 e. The van der Waals surface area contributed by atoms with E-state index in [4.69, 9.17) is 0 Å². The second-order valence-corrected chi connectivity index (χ2v) is 6.63. The molecule has 0 saturated carbocycles. The summed E-state index contributed by atoms with van der Waals surface area (Å²) in [4.78, 5) is 2.73. The van der Waals surface area contributed by atoms with Crippen LogP contribution >= 0.6 is 0 Å². The number of benzene rings is 2. The second-order valence-electron chi connectivity index (χ2n) is 6.63. The lowest BCUT2D eigenvalue weighted by molar-refractivity contribution is 0.211. The van der Waals surface area contributed by atoms with Gasteiger partial charge < -0.3 is 5.32 Å². The molecule has 0 spiro atoms. The highest BCUT2D eigenvalue weighted by Gasteiger charge is 2.42. The summed E-state index contributed by atoms with van der Waals surface area (Å²) >= 11 is 0. The molecule has 110 valence electrons. The third kappa shape index (κ3) is 2.27. The average molecular weight is 280 g/mol. The monoisotopic (exact) mass is 280 g/mol. The molecule has 0 radical (unpaired) electrons. The van der Waals surface area contributed by atoms with Crippen LogP contribution in [-0.4, -0.2) is 30.6 Å². The molecule has 2 aromatic carbocycles. The van der Waals surface area contributed by atoms with Crippen LogP contribution in [0.25, 0.3) is 10.8 Å². The Balaban J connectivity index is 1.63. The molecule has 0 aliphatic carbocycles. The van der Waals surface area contributed by atoms with Gasteiger partial charge in [-0.25, -0.2) is 0 Å². The predicted molar refractivity (Wildman–Crippen MR) is 88.3 cm³/mol. The van der Waals surface area contributed by atoms with Crippen LogP contribution < -0.4 is 5.32 Å². The maximum atomic E-state index is 3.58. The number of nitrogens with one attached hydrogen (secondary N) is 1. The van der Waals surface area contributed by atoms with E-state index in [0.717, 1.165) is 24.4 Å². The summed E-state index contributed by atoms with van der Waals surface area (Å²) in [5.41, 5.74) is 1.49.